The molecule has 1 amide bonds. The topological polar surface area (TPSA) is 55.1 Å². The normalized spacial score (nSPS) is 10.2. The molecule has 0 aliphatic carbocycles. The Morgan fingerprint density at radius 1 is 1.24 bits per heavy atom. The molecule has 0 aromatic heterocycles. The van der Waals surface area contributed by atoms with Gasteiger partial charge in [-0.3, -0.25) is 4.79 Å². The van der Waals surface area contributed by atoms with Gasteiger partial charge in [-0.1, -0.05) is 36.0 Å². The Hall–Kier alpha value is -1.43. The first kappa shape index (κ1) is 15.9. The summed E-state index contributed by atoms with van der Waals surface area (Å²) in [5.74, 6) is -0.231. The van der Waals surface area contributed by atoms with E-state index in [-0.39, 0.29) is 5.91 Å². The Morgan fingerprint density at radius 3 is 2.38 bits per heavy atom. The van der Waals surface area contributed by atoms with Gasteiger partial charge in [0, 0.05) is 20.6 Å². The van der Waals surface area contributed by atoms with Crippen molar-refractivity contribution < 1.29 is 4.79 Å². The number of hydrogen-bond donors (Lipinski definition) is 2. The summed E-state index contributed by atoms with van der Waals surface area (Å²) in [6.45, 7) is 1.90. The van der Waals surface area contributed by atoms with E-state index in [9.17, 15) is 4.79 Å². The van der Waals surface area contributed by atoms with E-state index in [4.69, 9.17) is 29.6 Å². The number of halogens is 2. The van der Waals surface area contributed by atoms with Gasteiger partial charge in [0.05, 0.1) is 5.69 Å². The van der Waals surface area contributed by atoms with Crippen LogP contribution in [-0.4, -0.2) is 10.9 Å². The van der Waals surface area contributed by atoms with Gasteiger partial charge in [-0.15, -0.1) is 0 Å². The molecule has 2 rings (SSSR count). The van der Waals surface area contributed by atoms with Crippen LogP contribution >= 0.6 is 39.7 Å². The lowest BCUT2D eigenvalue weighted by Gasteiger charge is -2.10. The Bertz CT molecular complexity index is 716. The van der Waals surface area contributed by atoms with Gasteiger partial charge in [-0.2, -0.15) is 0 Å². The van der Waals surface area contributed by atoms with E-state index in [0.29, 0.717) is 21.3 Å². The molecule has 0 heterocycles. The van der Waals surface area contributed by atoms with Crippen LogP contribution in [0.15, 0.2) is 40.9 Å². The minimum atomic E-state index is -0.231. The first-order chi connectivity index (χ1) is 9.88. The quantitative estimate of drug-likeness (QED) is 0.777. The number of rotatable bonds is 3. The summed E-state index contributed by atoms with van der Waals surface area (Å²) in [6, 6.07) is 10.3. The number of nitrogens with one attached hydrogen (secondary N) is 1. The lowest BCUT2D eigenvalue weighted by atomic mass is 10.1. The molecule has 0 saturated heterocycles. The summed E-state index contributed by atoms with van der Waals surface area (Å²) in [5, 5.41) is 3.40. The van der Waals surface area contributed by atoms with E-state index >= 15 is 0 Å². The molecule has 3 nitrogen and oxygen atoms in total. The number of benzene rings is 2. The van der Waals surface area contributed by atoms with Crippen molar-refractivity contribution in [2.75, 3.05) is 5.32 Å². The average molecular weight is 384 g/mol. The van der Waals surface area contributed by atoms with Crippen molar-refractivity contribution in [2.45, 2.75) is 6.92 Å². The van der Waals surface area contributed by atoms with Crippen molar-refractivity contribution in [3.05, 3.63) is 62.6 Å². The zero-order valence-electron chi connectivity index (χ0n) is 11.1. The van der Waals surface area contributed by atoms with Gasteiger partial charge < -0.3 is 11.1 Å². The highest BCUT2D eigenvalue weighted by atomic mass is 79.9. The van der Waals surface area contributed by atoms with Crippen molar-refractivity contribution in [3.63, 3.8) is 0 Å². The third kappa shape index (κ3) is 3.81. The first-order valence-electron chi connectivity index (χ1n) is 6.05. The van der Waals surface area contributed by atoms with Crippen molar-refractivity contribution in [3.8, 4) is 0 Å². The van der Waals surface area contributed by atoms with Gasteiger partial charge in [-0.25, -0.2) is 0 Å². The molecule has 0 radical (unpaired) electrons. The molecule has 3 N–H and O–H groups in total. The number of anilines is 1. The number of carbonyl (C=O) groups is 1. The lowest BCUT2D eigenvalue weighted by Crippen LogP contribution is -2.14. The third-order valence-electron chi connectivity index (χ3n) is 2.93. The molecule has 0 atom stereocenters. The Labute approximate surface area is 141 Å². The largest absolute Gasteiger partial charge is 0.389 e. The molecule has 0 bridgehead atoms. The fourth-order valence-corrected chi connectivity index (χ4v) is 2.58. The number of hydrogen-bond acceptors (Lipinski definition) is 2. The van der Waals surface area contributed by atoms with Gasteiger partial charge in [0.1, 0.15) is 4.99 Å². The summed E-state index contributed by atoms with van der Waals surface area (Å²) in [7, 11) is 0. The molecule has 2 aromatic carbocycles. The third-order valence-corrected chi connectivity index (χ3v) is 4.23. The minimum absolute atomic E-state index is 0.231. The number of amides is 1. The predicted octanol–water partition coefficient (Wildman–Crippen LogP) is 4.30. The molecule has 21 heavy (non-hydrogen) atoms. The summed E-state index contributed by atoms with van der Waals surface area (Å²) in [6.07, 6.45) is 0. The maximum Gasteiger partial charge on any atom is 0.255 e. The van der Waals surface area contributed by atoms with Gasteiger partial charge in [-0.05, 0) is 52.7 Å². The van der Waals surface area contributed by atoms with Crippen molar-refractivity contribution in [1.82, 2.24) is 0 Å². The minimum Gasteiger partial charge on any atom is -0.389 e. The maximum atomic E-state index is 12.2. The van der Waals surface area contributed by atoms with Crippen LogP contribution in [0.25, 0.3) is 0 Å². The van der Waals surface area contributed by atoms with Crippen LogP contribution in [0.3, 0.4) is 0 Å². The molecular weight excluding hydrogens is 372 g/mol. The summed E-state index contributed by atoms with van der Waals surface area (Å²) >= 11 is 14.4. The van der Waals surface area contributed by atoms with Crippen LogP contribution in [-0.2, 0) is 0 Å². The molecule has 2 aromatic rings. The predicted molar refractivity (Wildman–Crippen MR) is 94.2 cm³/mol. The highest BCUT2D eigenvalue weighted by Crippen LogP contribution is 2.29. The second kappa shape index (κ2) is 6.56. The summed E-state index contributed by atoms with van der Waals surface area (Å²) in [4.78, 5) is 12.5. The first-order valence-corrected chi connectivity index (χ1v) is 7.63. The van der Waals surface area contributed by atoms with Crippen LogP contribution in [0.2, 0.25) is 5.02 Å². The van der Waals surface area contributed by atoms with Crippen LogP contribution in [0.4, 0.5) is 5.69 Å². The van der Waals surface area contributed by atoms with E-state index in [2.05, 4.69) is 21.2 Å². The van der Waals surface area contributed by atoms with Gasteiger partial charge in [0.2, 0.25) is 0 Å². The number of thiocarbonyl (C=S) groups is 1. The lowest BCUT2D eigenvalue weighted by molar-refractivity contribution is 0.102. The number of nitrogens with two attached hydrogens (primary N) is 1. The molecule has 0 aliphatic heterocycles. The number of aryl methyl sites for hydroxylation is 1. The van der Waals surface area contributed by atoms with Crippen molar-refractivity contribution in [2.24, 2.45) is 5.73 Å². The van der Waals surface area contributed by atoms with Gasteiger partial charge in [0.15, 0.2) is 0 Å². The summed E-state index contributed by atoms with van der Waals surface area (Å²) < 4.78 is 0.775. The average Bonchev–Trinajstić information content (AvgIpc) is 2.44. The van der Waals surface area contributed by atoms with Gasteiger partial charge in [0.25, 0.3) is 5.91 Å². The molecule has 0 aliphatic rings. The van der Waals surface area contributed by atoms with Crippen molar-refractivity contribution >= 4 is 56.3 Å². The van der Waals surface area contributed by atoms with Crippen molar-refractivity contribution in [1.29, 1.82) is 0 Å². The molecule has 0 spiro atoms. The molecule has 0 fully saturated rings. The fourth-order valence-electron chi connectivity index (χ4n) is 1.72. The van der Waals surface area contributed by atoms with Crippen LogP contribution in [0.5, 0.6) is 0 Å². The SMILES string of the molecule is Cc1cc(Br)c(NC(=O)c2ccc(C(N)=S)cc2)cc1Cl. The molecule has 6 heteroatoms. The van der Waals surface area contributed by atoms with E-state index in [0.717, 1.165) is 15.6 Å². The second-order valence-electron chi connectivity index (χ2n) is 4.48. The van der Waals surface area contributed by atoms with E-state index < -0.39 is 0 Å². The number of carbonyl (C=O) groups excluding carboxylic acids is 1. The molecule has 0 saturated carbocycles. The highest BCUT2D eigenvalue weighted by molar-refractivity contribution is 9.10. The summed E-state index contributed by atoms with van der Waals surface area (Å²) in [5.41, 5.74) is 8.31. The Morgan fingerprint density at radius 2 is 1.81 bits per heavy atom. The zero-order chi connectivity index (χ0) is 15.6. The Balaban J connectivity index is 2.22. The van der Waals surface area contributed by atoms with E-state index in [1.54, 1.807) is 30.3 Å². The second-order valence-corrected chi connectivity index (χ2v) is 6.18. The molecule has 108 valence electrons. The van der Waals surface area contributed by atoms with Crippen LogP contribution in [0.1, 0.15) is 21.5 Å². The van der Waals surface area contributed by atoms with E-state index in [1.165, 1.54) is 0 Å². The zero-order valence-corrected chi connectivity index (χ0v) is 14.3. The molecule has 0 unspecified atom stereocenters. The monoisotopic (exact) mass is 382 g/mol. The Kier molecular flexibility index (Phi) is 4.98. The van der Waals surface area contributed by atoms with Crippen LogP contribution in [0, 0.1) is 6.92 Å². The van der Waals surface area contributed by atoms with Gasteiger partial charge >= 0.3 is 0 Å². The smallest absolute Gasteiger partial charge is 0.255 e. The van der Waals surface area contributed by atoms with E-state index in [1.807, 2.05) is 13.0 Å². The van der Waals surface area contributed by atoms with Crippen LogP contribution < -0.4 is 11.1 Å². The highest BCUT2D eigenvalue weighted by Gasteiger charge is 2.10. The maximum absolute atomic E-state index is 12.2. The fraction of sp³-hybridized carbons (Fsp3) is 0.0667. The molecular formula is C15H12BrClN2OS. The standard InChI is InChI=1S/C15H12BrClN2OS/c1-8-6-11(16)13(7-12(8)17)19-15(20)10-4-2-9(3-5-10)14(18)21/h2-7H,1H3,(H2,18,21)(H,19,20).